The Kier molecular flexibility index (Phi) is 25.7. The number of aliphatic hydroxyl groups excluding tert-OH is 2. The smallest absolute Gasteiger partial charge is 0.462 e. The van der Waals surface area contributed by atoms with Gasteiger partial charge in [0.1, 0.15) is 12.7 Å². The Hall–Kier alpha value is -1.29. The predicted octanol–water partition coefficient (Wildman–Crippen LogP) is 6.16. The summed E-state index contributed by atoms with van der Waals surface area (Å²) in [6.07, 6.45) is 18.1. The number of unbranched alkanes of at least 4 members (excludes halogenated alkanes) is 12. The molecule has 3 atom stereocenters. The molecule has 3 N–H and O–H groups in total. The summed E-state index contributed by atoms with van der Waals surface area (Å²) < 4.78 is 32.2. The van der Waals surface area contributed by atoms with Gasteiger partial charge in [0.05, 0.1) is 19.8 Å². The zero-order valence-corrected chi connectivity index (χ0v) is 25.7. The largest absolute Gasteiger partial charge is 0.472 e. The van der Waals surface area contributed by atoms with Crippen molar-refractivity contribution in [3.63, 3.8) is 0 Å². The van der Waals surface area contributed by atoms with E-state index in [4.69, 9.17) is 19.1 Å². The van der Waals surface area contributed by atoms with E-state index in [2.05, 4.69) is 30.5 Å². The van der Waals surface area contributed by atoms with Gasteiger partial charge in [0.25, 0.3) is 0 Å². The molecule has 40 heavy (non-hydrogen) atoms. The highest BCUT2D eigenvalue weighted by Crippen LogP contribution is 2.43. The van der Waals surface area contributed by atoms with Crippen LogP contribution in [0.25, 0.3) is 0 Å². The van der Waals surface area contributed by atoms with Crippen molar-refractivity contribution in [3.05, 3.63) is 12.2 Å². The highest BCUT2D eigenvalue weighted by Gasteiger charge is 2.27. The molecular weight excluding hydrogens is 539 g/mol. The zero-order valence-electron chi connectivity index (χ0n) is 24.8. The standard InChI is InChI=1S/C29H55O10P/c1-3-5-7-9-10-11-12-13-14-15-17-19-21-29(33)39-27(24-36-28(32)20-18-16-8-6-4-2)25-38-40(34,35)37-23-26(31)22-30/h10-11,26-27,30-31H,3-9,12-25H2,1-2H3,(H,34,35)/b11-10-. The van der Waals surface area contributed by atoms with Gasteiger partial charge in [0.15, 0.2) is 6.10 Å². The molecule has 0 fully saturated rings. The van der Waals surface area contributed by atoms with Crippen LogP contribution in [0.4, 0.5) is 0 Å². The fourth-order valence-corrected chi connectivity index (χ4v) is 4.54. The van der Waals surface area contributed by atoms with Crippen LogP contribution in [-0.2, 0) is 32.7 Å². The first-order valence-electron chi connectivity index (χ1n) is 15.1. The third-order valence-electron chi connectivity index (χ3n) is 6.17. The molecule has 0 spiro atoms. The van der Waals surface area contributed by atoms with Crippen LogP contribution in [0.2, 0.25) is 0 Å². The molecule has 0 amide bonds. The van der Waals surface area contributed by atoms with Crippen molar-refractivity contribution in [3.8, 4) is 0 Å². The van der Waals surface area contributed by atoms with E-state index in [0.29, 0.717) is 12.8 Å². The number of rotatable bonds is 28. The second-order valence-corrected chi connectivity index (χ2v) is 11.6. The Labute approximate surface area is 241 Å². The lowest BCUT2D eigenvalue weighted by atomic mass is 10.1. The number of phosphoric acid groups is 1. The summed E-state index contributed by atoms with van der Waals surface area (Å²) in [6, 6.07) is 0. The van der Waals surface area contributed by atoms with Crippen molar-refractivity contribution < 1.29 is 47.8 Å². The minimum atomic E-state index is -4.59. The highest BCUT2D eigenvalue weighted by atomic mass is 31.2. The van der Waals surface area contributed by atoms with Gasteiger partial charge in [-0.2, -0.15) is 0 Å². The number of phosphoric ester groups is 1. The van der Waals surface area contributed by atoms with Crippen LogP contribution in [0.5, 0.6) is 0 Å². The maximum atomic E-state index is 12.4. The summed E-state index contributed by atoms with van der Waals surface area (Å²) in [6.45, 7) is 2.20. The lowest BCUT2D eigenvalue weighted by Crippen LogP contribution is -2.29. The zero-order chi connectivity index (χ0) is 29.9. The minimum absolute atomic E-state index is 0.176. The molecule has 0 saturated carbocycles. The van der Waals surface area contributed by atoms with Crippen molar-refractivity contribution >= 4 is 19.8 Å². The van der Waals surface area contributed by atoms with Gasteiger partial charge in [0.2, 0.25) is 0 Å². The van der Waals surface area contributed by atoms with Crippen molar-refractivity contribution in [2.24, 2.45) is 0 Å². The first kappa shape index (κ1) is 38.7. The van der Waals surface area contributed by atoms with Crippen LogP contribution in [0.3, 0.4) is 0 Å². The lowest BCUT2D eigenvalue weighted by Gasteiger charge is -2.20. The van der Waals surface area contributed by atoms with Crippen LogP contribution < -0.4 is 0 Å². The van der Waals surface area contributed by atoms with E-state index in [-0.39, 0.29) is 19.4 Å². The van der Waals surface area contributed by atoms with E-state index in [0.717, 1.165) is 64.2 Å². The number of aliphatic hydroxyl groups is 2. The summed E-state index contributed by atoms with van der Waals surface area (Å²) in [4.78, 5) is 34.3. The van der Waals surface area contributed by atoms with Gasteiger partial charge in [-0.05, 0) is 38.5 Å². The van der Waals surface area contributed by atoms with Crippen LogP contribution in [-0.4, -0.2) is 65.7 Å². The van der Waals surface area contributed by atoms with Gasteiger partial charge in [-0.25, -0.2) is 4.57 Å². The number of ether oxygens (including phenoxy) is 2. The summed E-state index contributed by atoms with van der Waals surface area (Å²) in [7, 11) is -4.59. The fraction of sp³-hybridized carbons (Fsp3) is 0.862. The Balaban J connectivity index is 4.45. The number of allylic oxidation sites excluding steroid dienone is 2. The second kappa shape index (κ2) is 26.6. The van der Waals surface area contributed by atoms with Gasteiger partial charge < -0.3 is 24.6 Å². The normalized spacial score (nSPS) is 14.6. The molecule has 3 unspecified atom stereocenters. The topological polar surface area (TPSA) is 149 Å². The molecule has 0 aliphatic carbocycles. The van der Waals surface area contributed by atoms with E-state index in [1.165, 1.54) is 19.3 Å². The summed E-state index contributed by atoms with van der Waals surface area (Å²) in [5.74, 6) is -0.952. The average Bonchev–Trinajstić information content (AvgIpc) is 2.93. The average molecular weight is 595 g/mol. The predicted molar refractivity (Wildman–Crippen MR) is 155 cm³/mol. The number of carbonyl (C=O) groups excluding carboxylic acids is 2. The van der Waals surface area contributed by atoms with Crippen molar-refractivity contribution in [1.29, 1.82) is 0 Å². The van der Waals surface area contributed by atoms with E-state index >= 15 is 0 Å². The maximum Gasteiger partial charge on any atom is 0.472 e. The minimum Gasteiger partial charge on any atom is -0.462 e. The van der Waals surface area contributed by atoms with Crippen LogP contribution in [0.1, 0.15) is 123 Å². The van der Waals surface area contributed by atoms with E-state index in [9.17, 15) is 24.2 Å². The molecule has 0 aromatic carbocycles. The van der Waals surface area contributed by atoms with E-state index in [1.807, 2.05) is 0 Å². The van der Waals surface area contributed by atoms with Crippen LogP contribution >= 0.6 is 7.82 Å². The summed E-state index contributed by atoms with van der Waals surface area (Å²) in [5, 5.41) is 18.1. The van der Waals surface area contributed by atoms with Gasteiger partial charge in [0, 0.05) is 12.8 Å². The van der Waals surface area contributed by atoms with E-state index < -0.39 is 51.8 Å². The molecule has 0 heterocycles. The third-order valence-corrected chi connectivity index (χ3v) is 7.12. The molecule has 236 valence electrons. The van der Waals surface area contributed by atoms with Crippen molar-refractivity contribution in [2.75, 3.05) is 26.4 Å². The highest BCUT2D eigenvalue weighted by molar-refractivity contribution is 7.47. The molecule has 0 radical (unpaired) electrons. The molecule has 0 aromatic heterocycles. The Morgan fingerprint density at radius 1 is 0.725 bits per heavy atom. The second-order valence-electron chi connectivity index (χ2n) is 10.1. The molecule has 0 aliphatic heterocycles. The Morgan fingerprint density at radius 3 is 1.85 bits per heavy atom. The van der Waals surface area contributed by atoms with Crippen LogP contribution in [0.15, 0.2) is 12.2 Å². The van der Waals surface area contributed by atoms with Gasteiger partial charge in [-0.3, -0.25) is 18.6 Å². The molecule has 0 saturated heterocycles. The monoisotopic (exact) mass is 594 g/mol. The molecular formula is C29H55O10P. The molecule has 11 heteroatoms. The lowest BCUT2D eigenvalue weighted by molar-refractivity contribution is -0.161. The van der Waals surface area contributed by atoms with E-state index in [1.54, 1.807) is 0 Å². The van der Waals surface area contributed by atoms with Crippen molar-refractivity contribution in [2.45, 2.75) is 135 Å². The first-order valence-corrected chi connectivity index (χ1v) is 16.6. The van der Waals surface area contributed by atoms with Crippen molar-refractivity contribution in [1.82, 2.24) is 0 Å². The van der Waals surface area contributed by atoms with Crippen LogP contribution in [0, 0.1) is 0 Å². The Morgan fingerprint density at radius 2 is 1.23 bits per heavy atom. The number of esters is 2. The van der Waals surface area contributed by atoms with Gasteiger partial charge in [-0.1, -0.05) is 83.8 Å². The molecule has 10 nitrogen and oxygen atoms in total. The quantitative estimate of drug-likeness (QED) is 0.0416. The fourth-order valence-electron chi connectivity index (χ4n) is 3.75. The van der Waals surface area contributed by atoms with Gasteiger partial charge >= 0.3 is 19.8 Å². The molecule has 0 aromatic rings. The molecule has 0 rings (SSSR count). The van der Waals surface area contributed by atoms with Gasteiger partial charge in [-0.15, -0.1) is 0 Å². The molecule has 0 aliphatic rings. The summed E-state index contributed by atoms with van der Waals surface area (Å²) >= 11 is 0. The number of carbonyl (C=O) groups is 2. The maximum absolute atomic E-state index is 12.4. The number of hydrogen-bond donors (Lipinski definition) is 3. The molecule has 0 bridgehead atoms. The SMILES string of the molecule is CCCCC/C=C\CCCCCCCC(=O)OC(COC(=O)CCCCCCC)COP(=O)(O)OCC(O)CO. The Bertz CT molecular complexity index is 700. The summed E-state index contributed by atoms with van der Waals surface area (Å²) in [5.41, 5.74) is 0. The number of hydrogen-bond acceptors (Lipinski definition) is 9. The first-order chi connectivity index (χ1) is 19.2. The third kappa shape index (κ3) is 25.7.